The molecule has 0 amide bonds. The van der Waals surface area contributed by atoms with Gasteiger partial charge in [0.1, 0.15) is 12.1 Å². The Morgan fingerprint density at radius 2 is 2.40 bits per heavy atom. The molecule has 0 fully saturated rings. The first-order valence-electron chi connectivity index (χ1n) is 4.78. The van der Waals surface area contributed by atoms with Crippen molar-refractivity contribution < 1.29 is 9.13 Å². The van der Waals surface area contributed by atoms with Gasteiger partial charge in [-0.25, -0.2) is 4.39 Å². The quantitative estimate of drug-likeness (QED) is 0.715. The molecule has 0 spiro atoms. The zero-order chi connectivity index (χ0) is 10.7. The van der Waals surface area contributed by atoms with Gasteiger partial charge in [-0.05, 0) is 24.5 Å². The van der Waals surface area contributed by atoms with E-state index in [1.807, 2.05) is 0 Å². The molecule has 2 aromatic heterocycles. The van der Waals surface area contributed by atoms with Gasteiger partial charge >= 0.3 is 0 Å². The van der Waals surface area contributed by atoms with Crippen LogP contribution in [0.25, 0.3) is 5.65 Å². The summed E-state index contributed by atoms with van der Waals surface area (Å²) < 4.78 is 20.0. The molecule has 15 heavy (non-hydrogen) atoms. The molecule has 0 bridgehead atoms. The first-order valence-corrected chi connectivity index (χ1v) is 4.78. The normalized spacial score (nSPS) is 11.1. The Balaban J connectivity index is 2.22. The van der Waals surface area contributed by atoms with Crippen molar-refractivity contribution in [3.8, 4) is 0 Å². The van der Waals surface area contributed by atoms with Crippen molar-refractivity contribution in [1.29, 1.82) is 0 Å². The molecule has 2 rings (SSSR count). The molecule has 80 valence electrons. The van der Waals surface area contributed by atoms with Crippen LogP contribution in [-0.4, -0.2) is 28.3 Å². The Bertz CT molecular complexity index is 455. The highest BCUT2D eigenvalue weighted by Gasteiger charge is 2.05. The fourth-order valence-electron chi connectivity index (χ4n) is 1.48. The summed E-state index contributed by atoms with van der Waals surface area (Å²) in [5.41, 5.74) is 1.33. The lowest BCUT2D eigenvalue weighted by Crippen LogP contribution is -1.98. The van der Waals surface area contributed by atoms with E-state index in [2.05, 4.69) is 10.2 Å². The predicted octanol–water partition coefficient (Wildman–Crippen LogP) is 1.45. The number of aryl methyl sites for hydroxylation is 1. The van der Waals surface area contributed by atoms with Gasteiger partial charge in [-0.1, -0.05) is 0 Å². The highest BCUT2D eigenvalue weighted by molar-refractivity contribution is 5.40. The molecular formula is C10H12FN3O. The summed E-state index contributed by atoms with van der Waals surface area (Å²) in [6.07, 6.45) is 4.34. The van der Waals surface area contributed by atoms with Crippen molar-refractivity contribution in [1.82, 2.24) is 14.6 Å². The zero-order valence-corrected chi connectivity index (χ0v) is 8.48. The largest absolute Gasteiger partial charge is 0.385 e. The van der Waals surface area contributed by atoms with E-state index in [9.17, 15) is 4.39 Å². The molecule has 0 aliphatic carbocycles. The zero-order valence-electron chi connectivity index (χ0n) is 8.48. The van der Waals surface area contributed by atoms with Crippen LogP contribution in [0.2, 0.25) is 0 Å². The fraction of sp³-hybridized carbons (Fsp3) is 0.400. The standard InChI is InChI=1S/C10H12FN3O/c1-15-4-2-3-8-5-10-13-12-7-14(10)6-9(8)11/h5-7H,2-4H2,1H3. The van der Waals surface area contributed by atoms with E-state index in [1.165, 1.54) is 12.5 Å². The van der Waals surface area contributed by atoms with Gasteiger partial charge in [-0.3, -0.25) is 4.40 Å². The molecule has 0 aliphatic heterocycles. The van der Waals surface area contributed by atoms with Crippen LogP contribution in [0.4, 0.5) is 4.39 Å². The van der Waals surface area contributed by atoms with Crippen molar-refractivity contribution in [2.45, 2.75) is 12.8 Å². The van der Waals surface area contributed by atoms with Gasteiger partial charge in [0.05, 0.1) is 0 Å². The lowest BCUT2D eigenvalue weighted by atomic mass is 10.1. The molecule has 0 N–H and O–H groups in total. The maximum atomic E-state index is 13.5. The summed E-state index contributed by atoms with van der Waals surface area (Å²) in [4.78, 5) is 0. The number of hydrogen-bond donors (Lipinski definition) is 0. The predicted molar refractivity (Wildman–Crippen MR) is 53.1 cm³/mol. The van der Waals surface area contributed by atoms with E-state index < -0.39 is 0 Å². The molecule has 0 atom stereocenters. The second kappa shape index (κ2) is 4.35. The maximum absolute atomic E-state index is 13.5. The Hall–Kier alpha value is -1.49. The topological polar surface area (TPSA) is 39.4 Å². The number of hydrogen-bond acceptors (Lipinski definition) is 3. The van der Waals surface area contributed by atoms with Crippen LogP contribution in [0.5, 0.6) is 0 Å². The minimum Gasteiger partial charge on any atom is -0.385 e. The summed E-state index contributed by atoms with van der Waals surface area (Å²) in [6.45, 7) is 0.636. The van der Waals surface area contributed by atoms with Gasteiger partial charge in [0, 0.05) is 19.9 Å². The second-order valence-corrected chi connectivity index (χ2v) is 3.34. The average Bonchev–Trinajstić information content (AvgIpc) is 2.65. The van der Waals surface area contributed by atoms with E-state index in [0.29, 0.717) is 24.2 Å². The summed E-state index contributed by atoms with van der Waals surface area (Å²) in [7, 11) is 1.64. The summed E-state index contributed by atoms with van der Waals surface area (Å²) in [5.74, 6) is -0.224. The Kier molecular flexibility index (Phi) is 2.91. The van der Waals surface area contributed by atoms with E-state index in [1.54, 1.807) is 17.6 Å². The number of nitrogens with zero attached hydrogens (tertiary/aromatic N) is 3. The number of methoxy groups -OCH3 is 1. The van der Waals surface area contributed by atoms with E-state index >= 15 is 0 Å². The van der Waals surface area contributed by atoms with Crippen LogP contribution in [0.1, 0.15) is 12.0 Å². The molecule has 0 unspecified atom stereocenters. The molecule has 0 saturated carbocycles. The van der Waals surface area contributed by atoms with Crippen molar-refractivity contribution in [3.05, 3.63) is 30.0 Å². The lowest BCUT2D eigenvalue weighted by Gasteiger charge is -2.03. The smallest absolute Gasteiger partial charge is 0.161 e. The highest BCUT2D eigenvalue weighted by Crippen LogP contribution is 2.12. The minimum atomic E-state index is -0.224. The third kappa shape index (κ3) is 2.12. The Morgan fingerprint density at radius 1 is 1.53 bits per heavy atom. The summed E-state index contributed by atoms with van der Waals surface area (Å²) >= 11 is 0. The van der Waals surface area contributed by atoms with Gasteiger partial charge in [0.15, 0.2) is 5.65 Å². The Labute approximate surface area is 86.7 Å². The van der Waals surface area contributed by atoms with Gasteiger partial charge in [-0.15, -0.1) is 10.2 Å². The Morgan fingerprint density at radius 3 is 3.20 bits per heavy atom. The molecule has 0 radical (unpaired) electrons. The molecule has 2 aromatic rings. The fourth-order valence-corrected chi connectivity index (χ4v) is 1.48. The monoisotopic (exact) mass is 209 g/mol. The van der Waals surface area contributed by atoms with Crippen molar-refractivity contribution in [3.63, 3.8) is 0 Å². The first kappa shape index (κ1) is 10.0. The van der Waals surface area contributed by atoms with Crippen molar-refractivity contribution >= 4 is 5.65 Å². The second-order valence-electron chi connectivity index (χ2n) is 3.34. The summed E-state index contributed by atoms with van der Waals surface area (Å²) in [5, 5.41) is 7.57. The van der Waals surface area contributed by atoms with Crippen LogP contribution >= 0.6 is 0 Å². The van der Waals surface area contributed by atoms with E-state index in [0.717, 1.165) is 6.42 Å². The molecule has 0 aliphatic rings. The van der Waals surface area contributed by atoms with Crippen LogP contribution in [-0.2, 0) is 11.2 Å². The number of fused-ring (bicyclic) bond motifs is 1. The van der Waals surface area contributed by atoms with Gasteiger partial charge < -0.3 is 4.74 Å². The first-order chi connectivity index (χ1) is 7.31. The number of aromatic nitrogens is 3. The van der Waals surface area contributed by atoms with Gasteiger partial charge in [0.2, 0.25) is 0 Å². The number of halogens is 1. The van der Waals surface area contributed by atoms with Crippen LogP contribution < -0.4 is 0 Å². The third-order valence-electron chi connectivity index (χ3n) is 2.26. The van der Waals surface area contributed by atoms with E-state index in [-0.39, 0.29) is 5.82 Å². The van der Waals surface area contributed by atoms with Crippen LogP contribution in [0, 0.1) is 5.82 Å². The van der Waals surface area contributed by atoms with Gasteiger partial charge in [0.25, 0.3) is 0 Å². The molecule has 2 heterocycles. The number of rotatable bonds is 4. The molecule has 0 saturated heterocycles. The number of ether oxygens (including phenoxy) is 1. The molecule has 0 aromatic carbocycles. The lowest BCUT2D eigenvalue weighted by molar-refractivity contribution is 0.195. The highest BCUT2D eigenvalue weighted by atomic mass is 19.1. The van der Waals surface area contributed by atoms with Crippen molar-refractivity contribution in [2.75, 3.05) is 13.7 Å². The third-order valence-corrected chi connectivity index (χ3v) is 2.26. The average molecular weight is 209 g/mol. The SMILES string of the molecule is COCCCc1cc2nncn2cc1F. The summed E-state index contributed by atoms with van der Waals surface area (Å²) in [6, 6.07) is 1.72. The maximum Gasteiger partial charge on any atom is 0.161 e. The van der Waals surface area contributed by atoms with E-state index in [4.69, 9.17) is 4.74 Å². The molecule has 5 heteroatoms. The van der Waals surface area contributed by atoms with Crippen LogP contribution in [0.15, 0.2) is 18.6 Å². The van der Waals surface area contributed by atoms with Crippen molar-refractivity contribution in [2.24, 2.45) is 0 Å². The van der Waals surface area contributed by atoms with Crippen LogP contribution in [0.3, 0.4) is 0 Å². The molecular weight excluding hydrogens is 197 g/mol. The number of pyridine rings is 1. The van der Waals surface area contributed by atoms with Gasteiger partial charge in [-0.2, -0.15) is 0 Å². The molecule has 4 nitrogen and oxygen atoms in total. The minimum absolute atomic E-state index is 0.224.